The average Bonchev–Trinajstić information content (AvgIpc) is 2.70. The number of hydrogen-bond donors (Lipinski definition) is 3. The van der Waals surface area contributed by atoms with Gasteiger partial charge in [0, 0.05) is 32.5 Å². The molecular formula is C16H23ClN6O4. The number of aromatic nitrogens is 4. The smallest absolute Gasteiger partial charge is 0.192 e. The van der Waals surface area contributed by atoms with Crippen LogP contribution in [0.25, 0.3) is 0 Å². The molecule has 0 aromatic carbocycles. The van der Waals surface area contributed by atoms with Gasteiger partial charge in [-0.05, 0) is 7.05 Å². The van der Waals surface area contributed by atoms with Gasteiger partial charge in [0.15, 0.2) is 24.2 Å². The van der Waals surface area contributed by atoms with Crippen LogP contribution in [0.1, 0.15) is 21.2 Å². The third-order valence-electron chi connectivity index (χ3n) is 2.75. The molecule has 0 aliphatic heterocycles. The molecule has 11 heteroatoms. The number of carbonyl (C=O) groups excluding carboxylic acids is 2. The predicted molar refractivity (Wildman–Crippen MR) is 101 cm³/mol. The minimum Gasteiger partial charge on any atom is -0.395 e. The summed E-state index contributed by atoms with van der Waals surface area (Å²) < 4.78 is 0. The maximum absolute atomic E-state index is 10.2. The largest absolute Gasteiger partial charge is 0.395 e. The normalized spacial score (nSPS) is 9.22. The van der Waals surface area contributed by atoms with Crippen LogP contribution >= 0.6 is 11.6 Å². The number of likely N-dealkylation sites (N-methyl/N-ethyl adjacent to an activating group) is 2. The van der Waals surface area contributed by atoms with Gasteiger partial charge in [-0.1, -0.05) is 11.6 Å². The Kier molecular flexibility index (Phi) is 14.2. The van der Waals surface area contributed by atoms with Crippen molar-refractivity contribution in [2.24, 2.45) is 0 Å². The van der Waals surface area contributed by atoms with Crippen molar-refractivity contribution in [1.29, 1.82) is 0 Å². The first kappa shape index (κ1) is 24.5. The molecule has 2 rings (SSSR count). The summed E-state index contributed by atoms with van der Waals surface area (Å²) in [6.45, 7) is 1.52. The maximum atomic E-state index is 10.2. The van der Waals surface area contributed by atoms with Crippen LogP contribution < -0.4 is 10.2 Å². The monoisotopic (exact) mass is 398 g/mol. The molecule has 0 saturated carbocycles. The van der Waals surface area contributed by atoms with Crippen molar-refractivity contribution in [3.63, 3.8) is 0 Å². The molecule has 0 radical (unpaired) electrons. The summed E-state index contributed by atoms with van der Waals surface area (Å²) in [6, 6.07) is 0. The highest BCUT2D eigenvalue weighted by Gasteiger charge is 2.00. The first-order valence-corrected chi connectivity index (χ1v) is 8.17. The van der Waals surface area contributed by atoms with Gasteiger partial charge in [0.2, 0.25) is 0 Å². The van der Waals surface area contributed by atoms with Gasteiger partial charge in [0.05, 0.1) is 36.3 Å². The van der Waals surface area contributed by atoms with E-state index in [0.29, 0.717) is 30.7 Å². The molecule has 0 spiro atoms. The Bertz CT molecular complexity index is 640. The lowest BCUT2D eigenvalue weighted by Crippen LogP contribution is -2.21. The molecule has 0 bridgehead atoms. The van der Waals surface area contributed by atoms with Crippen LogP contribution in [0, 0.1) is 0 Å². The molecule has 2 aromatic rings. The van der Waals surface area contributed by atoms with Crippen molar-refractivity contribution in [2.45, 2.75) is 0 Å². The molecule has 0 aliphatic carbocycles. The molecule has 0 aliphatic rings. The molecule has 0 unspecified atom stereocenters. The zero-order valence-electron chi connectivity index (χ0n) is 15.1. The molecular weight excluding hydrogens is 376 g/mol. The van der Waals surface area contributed by atoms with Crippen molar-refractivity contribution < 1.29 is 19.8 Å². The third-order valence-corrected chi connectivity index (χ3v) is 2.94. The van der Waals surface area contributed by atoms with E-state index in [1.165, 1.54) is 12.4 Å². The second kappa shape index (κ2) is 15.7. The van der Waals surface area contributed by atoms with Crippen LogP contribution in [-0.2, 0) is 0 Å². The van der Waals surface area contributed by atoms with E-state index in [2.05, 4.69) is 25.3 Å². The van der Waals surface area contributed by atoms with Gasteiger partial charge in [0.25, 0.3) is 0 Å². The van der Waals surface area contributed by atoms with Gasteiger partial charge in [-0.25, -0.2) is 19.9 Å². The van der Waals surface area contributed by atoms with Crippen LogP contribution in [0.3, 0.4) is 0 Å². The van der Waals surface area contributed by atoms with E-state index in [1.807, 2.05) is 7.05 Å². The van der Waals surface area contributed by atoms with Crippen LogP contribution in [0.5, 0.6) is 0 Å². The Labute approximate surface area is 162 Å². The second-order valence-electron chi connectivity index (χ2n) is 4.77. The second-order valence-corrected chi connectivity index (χ2v) is 5.20. The molecule has 27 heavy (non-hydrogen) atoms. The standard InChI is InChI=1S/C8H11N3O2.C5H3ClN2O.C3H9NO/c1-11(2-3-12)7-4-9-8(6-13)10-5-7;6-4-1-7-5(3-9)8-2-4;1-4-2-3-5/h4-6,12H,2-3H2,1H3;1-3H;4-5H,2-3H2,1H3. The molecule has 0 amide bonds. The lowest BCUT2D eigenvalue weighted by Gasteiger charge is -2.16. The fourth-order valence-corrected chi connectivity index (χ4v) is 1.46. The number of nitrogens with one attached hydrogen (secondary N) is 1. The van der Waals surface area contributed by atoms with Gasteiger partial charge in [0.1, 0.15) is 0 Å². The Morgan fingerprint density at radius 1 is 1.00 bits per heavy atom. The Morgan fingerprint density at radius 2 is 1.48 bits per heavy atom. The molecule has 10 nitrogen and oxygen atoms in total. The molecule has 0 fully saturated rings. The van der Waals surface area contributed by atoms with E-state index in [0.717, 1.165) is 5.69 Å². The predicted octanol–water partition coefficient (Wildman–Crippen LogP) is -0.142. The van der Waals surface area contributed by atoms with E-state index < -0.39 is 0 Å². The van der Waals surface area contributed by atoms with Crippen molar-refractivity contribution in [2.75, 3.05) is 45.3 Å². The Balaban J connectivity index is 0.000000419. The summed E-state index contributed by atoms with van der Waals surface area (Å²) in [4.78, 5) is 36.8. The lowest BCUT2D eigenvalue weighted by molar-refractivity contribution is 0.110. The van der Waals surface area contributed by atoms with Crippen molar-refractivity contribution in [3.05, 3.63) is 41.5 Å². The molecule has 148 valence electrons. The SMILES string of the molecule is CN(CCO)c1cnc(C=O)nc1.CNCCO.O=Cc1ncc(Cl)cn1. The minimum atomic E-state index is 0.0753. The van der Waals surface area contributed by atoms with Crippen LogP contribution in [0.2, 0.25) is 5.02 Å². The minimum absolute atomic E-state index is 0.0753. The molecule has 2 aromatic heterocycles. The van der Waals surface area contributed by atoms with Crippen molar-refractivity contribution in [3.8, 4) is 0 Å². The zero-order valence-corrected chi connectivity index (χ0v) is 15.9. The van der Waals surface area contributed by atoms with Gasteiger partial charge in [-0.15, -0.1) is 0 Å². The molecule has 0 atom stereocenters. The average molecular weight is 399 g/mol. The highest BCUT2D eigenvalue weighted by atomic mass is 35.5. The topological polar surface area (TPSA) is 141 Å². The lowest BCUT2D eigenvalue weighted by atomic mass is 10.4. The molecule has 3 N–H and O–H groups in total. The number of aliphatic hydroxyl groups excluding tert-OH is 2. The van der Waals surface area contributed by atoms with Gasteiger partial charge < -0.3 is 20.4 Å². The highest BCUT2D eigenvalue weighted by Crippen LogP contribution is 2.07. The van der Waals surface area contributed by atoms with Gasteiger partial charge in [-0.2, -0.15) is 0 Å². The van der Waals surface area contributed by atoms with Crippen LogP contribution in [0.4, 0.5) is 5.69 Å². The Morgan fingerprint density at radius 3 is 1.81 bits per heavy atom. The summed E-state index contributed by atoms with van der Waals surface area (Å²) in [7, 11) is 3.62. The van der Waals surface area contributed by atoms with E-state index in [9.17, 15) is 9.59 Å². The highest BCUT2D eigenvalue weighted by molar-refractivity contribution is 6.30. The number of aldehydes is 2. The van der Waals surface area contributed by atoms with E-state index in [-0.39, 0.29) is 24.9 Å². The Hall–Kier alpha value is -2.53. The summed E-state index contributed by atoms with van der Waals surface area (Å²) in [5.74, 6) is 0.320. The first-order chi connectivity index (χ1) is 13.0. The van der Waals surface area contributed by atoms with Crippen LogP contribution in [-0.4, -0.2) is 83.1 Å². The summed E-state index contributed by atoms with van der Waals surface area (Å²) >= 11 is 5.43. The van der Waals surface area contributed by atoms with Crippen molar-refractivity contribution >= 4 is 29.9 Å². The molecule has 2 heterocycles. The number of carbonyl (C=O) groups is 2. The van der Waals surface area contributed by atoms with E-state index >= 15 is 0 Å². The quantitative estimate of drug-likeness (QED) is 0.539. The van der Waals surface area contributed by atoms with Gasteiger partial charge >= 0.3 is 0 Å². The van der Waals surface area contributed by atoms with E-state index in [1.54, 1.807) is 24.3 Å². The maximum Gasteiger partial charge on any atom is 0.192 e. The summed E-state index contributed by atoms with van der Waals surface area (Å²) in [5, 5.41) is 19.9. The fraction of sp³-hybridized carbons (Fsp3) is 0.375. The summed E-state index contributed by atoms with van der Waals surface area (Å²) in [6.07, 6.45) is 7.00. The number of rotatable bonds is 7. The van der Waals surface area contributed by atoms with Crippen LogP contribution in [0.15, 0.2) is 24.8 Å². The van der Waals surface area contributed by atoms with Crippen molar-refractivity contribution in [1.82, 2.24) is 25.3 Å². The summed E-state index contributed by atoms with van der Waals surface area (Å²) in [5.41, 5.74) is 0.777. The molecule has 0 saturated heterocycles. The third kappa shape index (κ3) is 11.7. The fourth-order valence-electron chi connectivity index (χ4n) is 1.36. The number of hydrogen-bond acceptors (Lipinski definition) is 10. The number of aliphatic hydroxyl groups is 2. The first-order valence-electron chi connectivity index (χ1n) is 7.79. The number of halogens is 1. The zero-order chi connectivity index (χ0) is 20.5. The van der Waals surface area contributed by atoms with Gasteiger partial charge in [-0.3, -0.25) is 9.59 Å². The number of anilines is 1. The van der Waals surface area contributed by atoms with E-state index in [4.69, 9.17) is 21.8 Å². The number of nitrogens with zero attached hydrogens (tertiary/aromatic N) is 5.